The van der Waals surface area contributed by atoms with Crippen molar-refractivity contribution in [2.45, 2.75) is 25.8 Å². The van der Waals surface area contributed by atoms with Gasteiger partial charge in [0.05, 0.1) is 5.52 Å². The number of benzene rings is 1. The summed E-state index contributed by atoms with van der Waals surface area (Å²) in [4.78, 5) is 16.7. The van der Waals surface area contributed by atoms with Crippen molar-refractivity contribution in [1.82, 2.24) is 10.3 Å². The highest BCUT2D eigenvalue weighted by Gasteiger charge is 2.24. The number of hydrogen-bond acceptors (Lipinski definition) is 2. The van der Waals surface area contributed by atoms with E-state index in [9.17, 15) is 4.79 Å². The lowest BCUT2D eigenvalue weighted by Gasteiger charge is -2.27. The van der Waals surface area contributed by atoms with Crippen molar-refractivity contribution in [3.05, 3.63) is 42.1 Å². The molecule has 1 aromatic heterocycles. The van der Waals surface area contributed by atoms with Gasteiger partial charge in [-0.3, -0.25) is 9.78 Å². The molecule has 0 radical (unpaired) electrons. The number of nitrogens with one attached hydrogen (secondary N) is 1. The molecule has 0 aliphatic carbocycles. The van der Waals surface area contributed by atoms with Crippen LogP contribution >= 0.6 is 15.9 Å². The highest BCUT2D eigenvalue weighted by Crippen LogP contribution is 2.19. The van der Waals surface area contributed by atoms with Crippen LogP contribution in [0.3, 0.4) is 0 Å². The Bertz CT molecular complexity index is 588. The number of carbonyl (C=O) groups is 1. The largest absolute Gasteiger partial charge is 0.346 e. The summed E-state index contributed by atoms with van der Waals surface area (Å²) in [5, 5.41) is 4.70. The molecule has 4 heteroatoms. The Morgan fingerprint density at radius 2 is 2.16 bits per heavy atom. The number of nitrogens with zero attached hydrogens (tertiary/aromatic N) is 1. The fraction of sp³-hybridized carbons (Fsp3) is 0.333. The lowest BCUT2D eigenvalue weighted by Crippen LogP contribution is -2.47. The maximum absolute atomic E-state index is 12.4. The van der Waals surface area contributed by atoms with E-state index < -0.39 is 0 Å². The standard InChI is InChI=1S/C15H17BrN2O/c1-3-15(2,10-16)18-14(19)12-6-4-8-13-11(12)7-5-9-17-13/h4-9H,3,10H2,1-2H3,(H,18,19). The molecule has 3 nitrogen and oxygen atoms in total. The Hall–Kier alpha value is -1.42. The normalized spacial score (nSPS) is 14.1. The smallest absolute Gasteiger partial charge is 0.252 e. The molecule has 0 bridgehead atoms. The summed E-state index contributed by atoms with van der Waals surface area (Å²) in [7, 11) is 0. The van der Waals surface area contributed by atoms with Crippen molar-refractivity contribution >= 4 is 32.7 Å². The number of amides is 1. The monoisotopic (exact) mass is 320 g/mol. The molecule has 2 aromatic rings. The second kappa shape index (κ2) is 5.70. The number of carbonyl (C=O) groups excluding carboxylic acids is 1. The number of aromatic nitrogens is 1. The summed E-state index contributed by atoms with van der Waals surface area (Å²) in [6.45, 7) is 4.09. The van der Waals surface area contributed by atoms with E-state index in [0.717, 1.165) is 22.7 Å². The van der Waals surface area contributed by atoms with Gasteiger partial charge in [-0.15, -0.1) is 0 Å². The second-order valence-corrected chi connectivity index (χ2v) is 5.44. The van der Waals surface area contributed by atoms with Gasteiger partial charge >= 0.3 is 0 Å². The lowest BCUT2D eigenvalue weighted by molar-refractivity contribution is 0.0915. The molecule has 1 unspecified atom stereocenters. The zero-order valence-electron chi connectivity index (χ0n) is 11.1. The molecule has 0 saturated heterocycles. The highest BCUT2D eigenvalue weighted by atomic mass is 79.9. The molecule has 1 aromatic carbocycles. The van der Waals surface area contributed by atoms with Gasteiger partial charge in [0.15, 0.2) is 0 Å². The van der Waals surface area contributed by atoms with Crippen molar-refractivity contribution in [3.63, 3.8) is 0 Å². The molecule has 1 N–H and O–H groups in total. The van der Waals surface area contributed by atoms with E-state index >= 15 is 0 Å². The van der Waals surface area contributed by atoms with Crippen LogP contribution in [-0.2, 0) is 0 Å². The van der Waals surface area contributed by atoms with Crippen molar-refractivity contribution in [3.8, 4) is 0 Å². The first-order valence-electron chi connectivity index (χ1n) is 6.32. The van der Waals surface area contributed by atoms with Gasteiger partial charge in [-0.2, -0.15) is 0 Å². The van der Waals surface area contributed by atoms with Gasteiger partial charge < -0.3 is 5.32 Å². The zero-order chi connectivity index (χ0) is 13.9. The third kappa shape index (κ3) is 2.95. The average Bonchev–Trinajstić information content (AvgIpc) is 2.46. The summed E-state index contributed by atoms with van der Waals surface area (Å²) in [5.41, 5.74) is 1.28. The van der Waals surface area contributed by atoms with Gasteiger partial charge in [0.2, 0.25) is 0 Å². The summed E-state index contributed by atoms with van der Waals surface area (Å²) in [5.74, 6) is -0.0533. The molecular weight excluding hydrogens is 304 g/mol. The van der Waals surface area contributed by atoms with E-state index in [1.54, 1.807) is 6.20 Å². The molecule has 0 saturated carbocycles. The predicted octanol–water partition coefficient (Wildman–Crippen LogP) is 3.53. The first-order valence-corrected chi connectivity index (χ1v) is 7.44. The van der Waals surface area contributed by atoms with Crippen molar-refractivity contribution in [2.75, 3.05) is 5.33 Å². The first-order chi connectivity index (χ1) is 9.09. The Balaban J connectivity index is 2.37. The quantitative estimate of drug-likeness (QED) is 0.876. The molecule has 2 rings (SSSR count). The van der Waals surface area contributed by atoms with Crippen LogP contribution in [0.2, 0.25) is 0 Å². The number of alkyl halides is 1. The summed E-state index contributed by atoms with van der Waals surface area (Å²) >= 11 is 3.46. The first kappa shape index (κ1) is 14.0. The number of hydrogen-bond donors (Lipinski definition) is 1. The van der Waals surface area contributed by atoms with E-state index in [1.807, 2.05) is 37.3 Å². The van der Waals surface area contributed by atoms with Crippen LogP contribution < -0.4 is 5.32 Å². The SMILES string of the molecule is CCC(C)(CBr)NC(=O)c1cccc2ncccc12. The number of fused-ring (bicyclic) bond motifs is 1. The molecule has 1 amide bonds. The van der Waals surface area contributed by atoms with Crippen LogP contribution in [0.5, 0.6) is 0 Å². The van der Waals surface area contributed by atoms with Crippen LogP contribution in [0.15, 0.2) is 36.5 Å². The fourth-order valence-corrected chi connectivity index (χ4v) is 2.40. The van der Waals surface area contributed by atoms with Crippen LogP contribution in [0.1, 0.15) is 30.6 Å². The van der Waals surface area contributed by atoms with Crippen molar-refractivity contribution in [2.24, 2.45) is 0 Å². The molecule has 0 aliphatic heterocycles. The van der Waals surface area contributed by atoms with Gasteiger partial charge in [0, 0.05) is 28.0 Å². The number of rotatable bonds is 4. The van der Waals surface area contributed by atoms with Crippen LogP contribution in [0.4, 0.5) is 0 Å². The Labute approximate surface area is 121 Å². The lowest BCUT2D eigenvalue weighted by atomic mass is 10.0. The van der Waals surface area contributed by atoms with Gasteiger partial charge in [-0.1, -0.05) is 35.0 Å². The number of pyridine rings is 1. The third-order valence-electron chi connectivity index (χ3n) is 3.38. The van der Waals surface area contributed by atoms with E-state index in [4.69, 9.17) is 0 Å². The van der Waals surface area contributed by atoms with Crippen LogP contribution in [-0.4, -0.2) is 21.8 Å². The third-order valence-corrected chi connectivity index (χ3v) is 4.62. The van der Waals surface area contributed by atoms with Gasteiger partial charge in [-0.25, -0.2) is 0 Å². The van der Waals surface area contributed by atoms with Crippen LogP contribution in [0.25, 0.3) is 10.9 Å². The summed E-state index contributed by atoms with van der Waals surface area (Å²) < 4.78 is 0. The molecule has 0 fully saturated rings. The van der Waals surface area contributed by atoms with E-state index in [1.165, 1.54) is 0 Å². The summed E-state index contributed by atoms with van der Waals surface area (Å²) in [6, 6.07) is 9.39. The minimum Gasteiger partial charge on any atom is -0.346 e. The molecule has 0 aliphatic rings. The molecule has 1 heterocycles. The predicted molar refractivity (Wildman–Crippen MR) is 81.7 cm³/mol. The topological polar surface area (TPSA) is 42.0 Å². The molecule has 19 heavy (non-hydrogen) atoms. The molecule has 0 spiro atoms. The van der Waals surface area contributed by atoms with E-state index in [-0.39, 0.29) is 11.4 Å². The molecular formula is C15H17BrN2O. The van der Waals surface area contributed by atoms with E-state index in [0.29, 0.717) is 5.56 Å². The summed E-state index contributed by atoms with van der Waals surface area (Å²) in [6.07, 6.45) is 2.60. The van der Waals surface area contributed by atoms with Gasteiger partial charge in [0.1, 0.15) is 0 Å². The van der Waals surface area contributed by atoms with Crippen LogP contribution in [0, 0.1) is 0 Å². The Morgan fingerprint density at radius 3 is 2.84 bits per heavy atom. The van der Waals surface area contributed by atoms with Crippen molar-refractivity contribution in [1.29, 1.82) is 0 Å². The maximum Gasteiger partial charge on any atom is 0.252 e. The van der Waals surface area contributed by atoms with E-state index in [2.05, 4.69) is 33.2 Å². The Kier molecular flexibility index (Phi) is 4.20. The Morgan fingerprint density at radius 1 is 1.37 bits per heavy atom. The minimum atomic E-state index is -0.235. The fourth-order valence-electron chi connectivity index (χ4n) is 1.86. The highest BCUT2D eigenvalue weighted by molar-refractivity contribution is 9.09. The van der Waals surface area contributed by atoms with Gasteiger partial charge in [-0.05, 0) is 31.5 Å². The minimum absolute atomic E-state index is 0.0533. The van der Waals surface area contributed by atoms with Crippen molar-refractivity contribution < 1.29 is 4.79 Å². The zero-order valence-corrected chi connectivity index (χ0v) is 12.7. The second-order valence-electron chi connectivity index (χ2n) is 4.88. The number of halogens is 1. The maximum atomic E-state index is 12.4. The average molecular weight is 321 g/mol. The molecule has 100 valence electrons. The van der Waals surface area contributed by atoms with Gasteiger partial charge in [0.25, 0.3) is 5.91 Å². The molecule has 1 atom stereocenters.